The van der Waals surface area contributed by atoms with E-state index in [4.69, 9.17) is 11.6 Å². The minimum atomic E-state index is -0.272. The van der Waals surface area contributed by atoms with Gasteiger partial charge in [0.2, 0.25) is 0 Å². The van der Waals surface area contributed by atoms with Crippen LogP contribution >= 0.6 is 35.6 Å². The summed E-state index contributed by atoms with van der Waals surface area (Å²) in [5.41, 5.74) is 2.34. The van der Waals surface area contributed by atoms with Crippen molar-refractivity contribution in [1.29, 1.82) is 0 Å². The maximum Gasteiger partial charge on any atom is 0.251 e. The molecular weight excluding hydrogens is 499 g/mol. The summed E-state index contributed by atoms with van der Waals surface area (Å²) < 4.78 is 0. The minimum Gasteiger partial charge on any atom is -0.357 e. The van der Waals surface area contributed by atoms with Gasteiger partial charge in [-0.05, 0) is 57.0 Å². The molecule has 7 heteroatoms. The maximum absolute atomic E-state index is 12.4. The number of amides is 1. The number of hydrogen-bond acceptors (Lipinski definition) is 2. The first kappa shape index (κ1) is 25.2. The first-order chi connectivity index (χ1) is 13.3. The molecular formula is C22H30ClIN4O. The summed E-state index contributed by atoms with van der Waals surface area (Å²) in [5, 5.41) is 10.2. The van der Waals surface area contributed by atoms with Crippen molar-refractivity contribution in [3.8, 4) is 0 Å². The van der Waals surface area contributed by atoms with Crippen molar-refractivity contribution in [3.05, 3.63) is 70.2 Å². The lowest BCUT2D eigenvalue weighted by Crippen LogP contribution is -2.40. The number of benzene rings is 2. The first-order valence-electron chi connectivity index (χ1n) is 9.45. The van der Waals surface area contributed by atoms with Gasteiger partial charge in [-0.2, -0.15) is 0 Å². The van der Waals surface area contributed by atoms with Gasteiger partial charge in [-0.25, -0.2) is 4.99 Å². The van der Waals surface area contributed by atoms with Gasteiger partial charge in [0.05, 0.1) is 6.54 Å². The Morgan fingerprint density at radius 1 is 1.07 bits per heavy atom. The van der Waals surface area contributed by atoms with Crippen molar-refractivity contribution in [2.45, 2.75) is 46.3 Å². The van der Waals surface area contributed by atoms with Gasteiger partial charge in [0.1, 0.15) is 0 Å². The van der Waals surface area contributed by atoms with Crippen molar-refractivity contribution in [1.82, 2.24) is 16.0 Å². The van der Waals surface area contributed by atoms with Gasteiger partial charge in [0.15, 0.2) is 5.96 Å². The fraction of sp³-hybridized carbons (Fsp3) is 0.364. The molecule has 0 aliphatic rings. The van der Waals surface area contributed by atoms with Crippen LogP contribution in [0.1, 0.15) is 49.2 Å². The molecule has 0 unspecified atom stereocenters. The van der Waals surface area contributed by atoms with E-state index in [1.54, 1.807) is 0 Å². The van der Waals surface area contributed by atoms with Crippen molar-refractivity contribution in [2.75, 3.05) is 6.54 Å². The number of nitrogens with zero attached hydrogens (tertiary/aromatic N) is 1. The molecule has 0 aliphatic carbocycles. The molecule has 0 heterocycles. The molecule has 2 aromatic rings. The van der Waals surface area contributed by atoms with Gasteiger partial charge in [0, 0.05) is 29.2 Å². The van der Waals surface area contributed by atoms with Gasteiger partial charge in [-0.1, -0.05) is 41.9 Å². The Morgan fingerprint density at radius 2 is 1.79 bits per heavy atom. The summed E-state index contributed by atoms with van der Waals surface area (Å²) in [5.74, 6) is 0.619. The smallest absolute Gasteiger partial charge is 0.251 e. The largest absolute Gasteiger partial charge is 0.357 e. The van der Waals surface area contributed by atoms with E-state index < -0.39 is 0 Å². The Labute approximate surface area is 195 Å². The number of guanidine groups is 1. The van der Waals surface area contributed by atoms with Crippen LogP contribution in [0.25, 0.3) is 0 Å². The fourth-order valence-electron chi connectivity index (χ4n) is 2.56. The van der Waals surface area contributed by atoms with Crippen LogP contribution in [0, 0.1) is 0 Å². The van der Waals surface area contributed by atoms with Crippen LogP contribution < -0.4 is 16.0 Å². The number of carbonyl (C=O) groups is 1. The van der Waals surface area contributed by atoms with Gasteiger partial charge >= 0.3 is 0 Å². The zero-order chi connectivity index (χ0) is 20.6. The average Bonchev–Trinajstić information content (AvgIpc) is 2.64. The predicted molar refractivity (Wildman–Crippen MR) is 132 cm³/mol. The number of carbonyl (C=O) groups excluding carboxylic acids is 1. The summed E-state index contributed by atoms with van der Waals surface area (Å²) >= 11 is 6.21. The molecule has 158 valence electrons. The molecule has 2 rings (SSSR count). The lowest BCUT2D eigenvalue weighted by molar-refractivity contribution is 0.0919. The molecule has 29 heavy (non-hydrogen) atoms. The highest BCUT2D eigenvalue weighted by atomic mass is 127. The summed E-state index contributed by atoms with van der Waals surface area (Å²) in [6.45, 7) is 9.71. The fourth-order valence-corrected chi connectivity index (χ4v) is 2.76. The highest BCUT2D eigenvalue weighted by molar-refractivity contribution is 14.0. The topological polar surface area (TPSA) is 65.5 Å². The average molecular weight is 529 g/mol. The maximum atomic E-state index is 12.4. The summed E-state index contributed by atoms with van der Waals surface area (Å²) in [4.78, 5) is 17.0. The summed E-state index contributed by atoms with van der Waals surface area (Å²) in [6, 6.07) is 15.3. The number of halogens is 2. The minimum absolute atomic E-state index is 0. The SMILES string of the molecule is CCNC(=NCc1cccc(C(=O)NC(C)(C)C)c1)NCc1ccccc1Cl.I. The Kier molecular flexibility index (Phi) is 10.5. The van der Waals surface area contributed by atoms with Crippen molar-refractivity contribution in [3.63, 3.8) is 0 Å². The predicted octanol–water partition coefficient (Wildman–Crippen LogP) is 4.74. The van der Waals surface area contributed by atoms with E-state index in [1.165, 1.54) is 0 Å². The van der Waals surface area contributed by atoms with Gasteiger partial charge < -0.3 is 16.0 Å². The third-order valence-corrected chi connectivity index (χ3v) is 4.21. The van der Waals surface area contributed by atoms with E-state index in [0.717, 1.165) is 22.7 Å². The highest BCUT2D eigenvalue weighted by Crippen LogP contribution is 2.14. The molecule has 0 bridgehead atoms. The van der Waals surface area contributed by atoms with E-state index in [1.807, 2.05) is 76.2 Å². The summed E-state index contributed by atoms with van der Waals surface area (Å²) in [6.07, 6.45) is 0. The van der Waals surface area contributed by atoms with Crippen LogP contribution in [0.15, 0.2) is 53.5 Å². The number of aliphatic imine (C=N–C) groups is 1. The number of rotatable bonds is 6. The van der Waals surface area contributed by atoms with E-state index in [-0.39, 0.29) is 35.4 Å². The Hall–Kier alpha value is -1.80. The molecule has 5 nitrogen and oxygen atoms in total. The van der Waals surface area contributed by atoms with Crippen LogP contribution in [-0.4, -0.2) is 24.0 Å². The van der Waals surface area contributed by atoms with Crippen molar-refractivity contribution < 1.29 is 4.79 Å². The van der Waals surface area contributed by atoms with Gasteiger partial charge in [-0.3, -0.25) is 4.79 Å². The third kappa shape index (κ3) is 9.04. The standard InChI is InChI=1S/C22H29ClN4O.HI/c1-5-24-21(26-15-18-10-6-7-12-19(18)23)25-14-16-9-8-11-17(13-16)20(28)27-22(2,3)4;/h6-13H,5,14-15H2,1-4H3,(H,27,28)(H2,24,25,26);1H. The van der Waals surface area contributed by atoms with Crippen LogP contribution in [-0.2, 0) is 13.1 Å². The molecule has 0 aromatic heterocycles. The monoisotopic (exact) mass is 528 g/mol. The Bertz CT molecular complexity index is 834. The van der Waals surface area contributed by atoms with Crippen LogP contribution in [0.3, 0.4) is 0 Å². The lowest BCUT2D eigenvalue weighted by atomic mass is 10.1. The van der Waals surface area contributed by atoms with E-state index in [2.05, 4.69) is 20.9 Å². The first-order valence-corrected chi connectivity index (χ1v) is 9.83. The Morgan fingerprint density at radius 3 is 2.45 bits per heavy atom. The summed E-state index contributed by atoms with van der Waals surface area (Å²) in [7, 11) is 0. The zero-order valence-corrected chi connectivity index (χ0v) is 20.5. The lowest BCUT2D eigenvalue weighted by Gasteiger charge is -2.20. The molecule has 0 aliphatic heterocycles. The Balaban J connectivity index is 0.00000420. The van der Waals surface area contributed by atoms with Crippen LogP contribution in [0.5, 0.6) is 0 Å². The second kappa shape index (κ2) is 12.0. The van der Waals surface area contributed by atoms with Gasteiger partial charge in [-0.15, -0.1) is 24.0 Å². The zero-order valence-electron chi connectivity index (χ0n) is 17.4. The molecule has 1 amide bonds. The van der Waals surface area contributed by atoms with Crippen molar-refractivity contribution in [2.24, 2.45) is 4.99 Å². The van der Waals surface area contributed by atoms with E-state index >= 15 is 0 Å². The molecule has 0 atom stereocenters. The van der Waals surface area contributed by atoms with Crippen molar-refractivity contribution >= 4 is 47.4 Å². The molecule has 2 aromatic carbocycles. The normalized spacial score (nSPS) is 11.4. The molecule has 0 saturated heterocycles. The van der Waals surface area contributed by atoms with Crippen LogP contribution in [0.2, 0.25) is 5.02 Å². The van der Waals surface area contributed by atoms with E-state index in [9.17, 15) is 4.79 Å². The number of nitrogens with one attached hydrogen (secondary N) is 3. The quantitative estimate of drug-likeness (QED) is 0.288. The molecule has 0 saturated carbocycles. The molecule has 3 N–H and O–H groups in total. The molecule has 0 radical (unpaired) electrons. The highest BCUT2D eigenvalue weighted by Gasteiger charge is 2.15. The molecule has 0 spiro atoms. The van der Waals surface area contributed by atoms with E-state index in [0.29, 0.717) is 24.6 Å². The van der Waals surface area contributed by atoms with Crippen LogP contribution in [0.4, 0.5) is 0 Å². The second-order valence-corrected chi connectivity index (χ2v) is 7.95. The molecule has 0 fully saturated rings. The third-order valence-electron chi connectivity index (χ3n) is 3.85. The number of hydrogen-bond donors (Lipinski definition) is 3. The second-order valence-electron chi connectivity index (χ2n) is 7.54. The van der Waals surface area contributed by atoms with Gasteiger partial charge in [0.25, 0.3) is 5.91 Å².